The van der Waals surface area contributed by atoms with Crippen molar-refractivity contribution in [2.45, 2.75) is 46.5 Å². The van der Waals surface area contributed by atoms with Crippen molar-refractivity contribution in [1.82, 2.24) is 9.66 Å². The first-order valence-corrected chi connectivity index (χ1v) is 10.8. The van der Waals surface area contributed by atoms with Crippen molar-refractivity contribution in [3.8, 4) is 11.4 Å². The summed E-state index contributed by atoms with van der Waals surface area (Å²) in [7, 11) is 0. The molecule has 162 valence electrons. The highest BCUT2D eigenvalue weighted by Gasteiger charge is 2.32. The minimum atomic E-state index is -0.377. The number of rotatable bonds is 3. The van der Waals surface area contributed by atoms with Crippen molar-refractivity contribution < 1.29 is 9.18 Å². The lowest BCUT2D eigenvalue weighted by molar-refractivity contribution is -0.122. The van der Waals surface area contributed by atoms with Gasteiger partial charge in [0.1, 0.15) is 5.82 Å². The average molecular weight is 422 g/mol. The lowest BCUT2D eigenvalue weighted by atomic mass is 9.70. The van der Waals surface area contributed by atoms with Gasteiger partial charge < -0.3 is 0 Å². The first-order valence-electron chi connectivity index (χ1n) is 10.8. The standard InChI is InChI=1S/C25H28FN3O2/c1-25(2,3)18-12-8-17(9-13-18)23(30)28-29-22(16-10-14-19(26)15-11-16)27-21-7-5-4-6-20(21)24(29)31/h4-7,10-11,14-15,17-18H,8-9,12-13H2,1-3H3,(H,28,30). The van der Waals surface area contributed by atoms with Crippen molar-refractivity contribution >= 4 is 16.8 Å². The number of amides is 1. The highest BCUT2D eigenvalue weighted by Crippen LogP contribution is 2.39. The fourth-order valence-corrected chi connectivity index (χ4v) is 4.45. The third-order valence-corrected chi connectivity index (χ3v) is 6.42. The molecule has 4 rings (SSSR count). The summed E-state index contributed by atoms with van der Waals surface area (Å²) in [5.74, 6) is 0.197. The Hall–Kier alpha value is -3.02. The molecule has 1 aliphatic rings. The van der Waals surface area contributed by atoms with Crippen molar-refractivity contribution in [3.05, 3.63) is 64.7 Å². The first kappa shape index (κ1) is 21.2. The Labute approximate surface area is 181 Å². The number of nitrogens with zero attached hydrogens (tertiary/aromatic N) is 2. The Balaban J connectivity index is 1.67. The van der Waals surface area contributed by atoms with E-state index in [0.29, 0.717) is 28.2 Å². The number of nitrogens with one attached hydrogen (secondary N) is 1. The van der Waals surface area contributed by atoms with E-state index in [4.69, 9.17) is 0 Å². The van der Waals surface area contributed by atoms with Crippen molar-refractivity contribution in [2.75, 3.05) is 5.43 Å². The van der Waals surface area contributed by atoms with Crippen molar-refractivity contribution in [2.24, 2.45) is 17.3 Å². The van der Waals surface area contributed by atoms with Crippen LogP contribution in [0.5, 0.6) is 0 Å². The van der Waals surface area contributed by atoms with Gasteiger partial charge in [-0.2, -0.15) is 4.68 Å². The highest BCUT2D eigenvalue weighted by atomic mass is 19.1. The number of carbonyl (C=O) groups is 1. The molecule has 6 heteroatoms. The molecule has 0 radical (unpaired) electrons. The quantitative estimate of drug-likeness (QED) is 0.638. The van der Waals surface area contributed by atoms with Crippen LogP contribution in [0.15, 0.2) is 53.3 Å². The summed E-state index contributed by atoms with van der Waals surface area (Å²) in [6.07, 6.45) is 3.60. The minimum Gasteiger partial charge on any atom is -0.273 e. The molecule has 1 heterocycles. The topological polar surface area (TPSA) is 64.0 Å². The van der Waals surface area contributed by atoms with E-state index in [1.807, 2.05) is 0 Å². The zero-order chi connectivity index (χ0) is 22.2. The van der Waals surface area contributed by atoms with E-state index in [1.54, 1.807) is 36.4 Å². The fraction of sp³-hybridized carbons (Fsp3) is 0.400. The highest BCUT2D eigenvalue weighted by molar-refractivity contribution is 5.88. The van der Waals surface area contributed by atoms with Crippen LogP contribution in [-0.2, 0) is 4.79 Å². The lowest BCUT2D eigenvalue weighted by Crippen LogP contribution is -2.39. The Morgan fingerprint density at radius 2 is 1.68 bits per heavy atom. The Kier molecular flexibility index (Phi) is 5.65. The number of carbonyl (C=O) groups excluding carboxylic acids is 1. The van der Waals surface area contributed by atoms with Gasteiger partial charge in [-0.25, -0.2) is 9.37 Å². The van der Waals surface area contributed by atoms with E-state index >= 15 is 0 Å². The van der Waals surface area contributed by atoms with Gasteiger partial charge in [0.25, 0.3) is 5.56 Å². The summed E-state index contributed by atoms with van der Waals surface area (Å²) in [6.45, 7) is 6.73. The molecule has 5 nitrogen and oxygen atoms in total. The van der Waals surface area contributed by atoms with Crippen LogP contribution in [0, 0.1) is 23.1 Å². The van der Waals surface area contributed by atoms with E-state index < -0.39 is 0 Å². The van der Waals surface area contributed by atoms with Crippen LogP contribution >= 0.6 is 0 Å². The molecule has 0 saturated heterocycles. The van der Waals surface area contributed by atoms with E-state index in [-0.39, 0.29) is 28.6 Å². The summed E-state index contributed by atoms with van der Waals surface area (Å²) in [5, 5.41) is 0.421. The van der Waals surface area contributed by atoms with Crippen molar-refractivity contribution in [1.29, 1.82) is 0 Å². The Morgan fingerprint density at radius 3 is 2.32 bits per heavy atom. The second-order valence-corrected chi connectivity index (χ2v) is 9.49. The molecule has 1 fully saturated rings. The number of fused-ring (bicyclic) bond motifs is 1. The maximum Gasteiger partial charge on any atom is 0.280 e. The number of aromatic nitrogens is 2. The third-order valence-electron chi connectivity index (χ3n) is 6.42. The molecule has 0 spiro atoms. The molecule has 0 atom stereocenters. The average Bonchev–Trinajstić information content (AvgIpc) is 2.75. The normalized spacial score (nSPS) is 19.4. The van der Waals surface area contributed by atoms with Crippen LogP contribution in [0.2, 0.25) is 0 Å². The Morgan fingerprint density at radius 1 is 1.03 bits per heavy atom. The second-order valence-electron chi connectivity index (χ2n) is 9.49. The zero-order valence-corrected chi connectivity index (χ0v) is 18.2. The van der Waals surface area contributed by atoms with Crippen molar-refractivity contribution in [3.63, 3.8) is 0 Å². The monoisotopic (exact) mass is 421 g/mol. The molecular formula is C25H28FN3O2. The van der Waals surface area contributed by atoms with Gasteiger partial charge in [-0.3, -0.25) is 15.0 Å². The number of halogens is 1. The summed E-state index contributed by atoms with van der Waals surface area (Å²) in [5.41, 5.74) is 3.79. The first-order chi connectivity index (χ1) is 14.7. The summed E-state index contributed by atoms with van der Waals surface area (Å²) >= 11 is 0. The van der Waals surface area contributed by atoms with Gasteiger partial charge in [0.2, 0.25) is 5.91 Å². The molecular weight excluding hydrogens is 393 g/mol. The maximum absolute atomic E-state index is 13.4. The molecule has 0 aliphatic heterocycles. The van der Waals surface area contributed by atoms with Gasteiger partial charge in [-0.15, -0.1) is 0 Å². The van der Waals surface area contributed by atoms with E-state index in [0.717, 1.165) is 25.7 Å². The summed E-state index contributed by atoms with van der Waals surface area (Å²) in [6, 6.07) is 12.8. The van der Waals surface area contributed by atoms with Crippen LogP contribution in [-0.4, -0.2) is 15.6 Å². The fourth-order valence-electron chi connectivity index (χ4n) is 4.45. The summed E-state index contributed by atoms with van der Waals surface area (Å²) in [4.78, 5) is 30.9. The van der Waals surface area contributed by atoms with E-state index in [9.17, 15) is 14.0 Å². The van der Waals surface area contributed by atoms with Gasteiger partial charge in [-0.05, 0) is 73.4 Å². The Bertz CT molecular complexity index is 1150. The molecule has 1 aromatic heterocycles. The predicted molar refractivity (Wildman–Crippen MR) is 121 cm³/mol. The summed E-state index contributed by atoms with van der Waals surface area (Å²) < 4.78 is 14.7. The maximum atomic E-state index is 13.4. The number of hydrogen-bond donors (Lipinski definition) is 1. The molecule has 2 aromatic carbocycles. The van der Waals surface area contributed by atoms with E-state index in [1.165, 1.54) is 16.8 Å². The smallest absolute Gasteiger partial charge is 0.273 e. The molecule has 31 heavy (non-hydrogen) atoms. The molecule has 0 unspecified atom stereocenters. The third kappa shape index (κ3) is 4.38. The number of benzene rings is 2. The molecule has 1 amide bonds. The van der Waals surface area contributed by atoms with Crippen LogP contribution in [0.4, 0.5) is 4.39 Å². The van der Waals surface area contributed by atoms with Gasteiger partial charge >= 0.3 is 0 Å². The molecule has 1 N–H and O–H groups in total. The predicted octanol–water partition coefficient (Wildman–Crippen LogP) is 5.13. The van der Waals surface area contributed by atoms with Gasteiger partial charge in [0.05, 0.1) is 10.9 Å². The number of hydrogen-bond acceptors (Lipinski definition) is 3. The van der Waals surface area contributed by atoms with Gasteiger partial charge in [0, 0.05) is 11.5 Å². The zero-order valence-electron chi connectivity index (χ0n) is 18.2. The van der Waals surface area contributed by atoms with Crippen LogP contribution < -0.4 is 11.0 Å². The van der Waals surface area contributed by atoms with Crippen LogP contribution in [0.1, 0.15) is 46.5 Å². The van der Waals surface area contributed by atoms with Gasteiger partial charge in [-0.1, -0.05) is 32.9 Å². The molecule has 1 saturated carbocycles. The van der Waals surface area contributed by atoms with Gasteiger partial charge in [0.15, 0.2) is 5.82 Å². The second kappa shape index (κ2) is 8.25. The molecule has 1 aliphatic carbocycles. The minimum absolute atomic E-state index is 0.141. The molecule has 0 bridgehead atoms. The largest absolute Gasteiger partial charge is 0.280 e. The van der Waals surface area contributed by atoms with Crippen LogP contribution in [0.25, 0.3) is 22.3 Å². The SMILES string of the molecule is CC(C)(C)C1CCC(C(=O)Nn2c(-c3ccc(F)cc3)nc3ccccc3c2=O)CC1. The molecule has 3 aromatic rings. The lowest BCUT2D eigenvalue weighted by Gasteiger charge is -2.36. The number of para-hydroxylation sites is 1. The van der Waals surface area contributed by atoms with E-state index in [2.05, 4.69) is 31.2 Å². The van der Waals surface area contributed by atoms with Crippen LogP contribution in [0.3, 0.4) is 0 Å².